The lowest BCUT2D eigenvalue weighted by Crippen LogP contribution is -2.31. The van der Waals surface area contributed by atoms with E-state index < -0.39 is 0 Å². The number of imidazole rings is 1. The number of fused-ring (bicyclic) bond motifs is 1. The lowest BCUT2D eigenvalue weighted by molar-refractivity contribution is -0.131. The molecule has 2 heterocycles. The second-order valence-corrected chi connectivity index (χ2v) is 5.80. The van der Waals surface area contributed by atoms with Crippen molar-refractivity contribution in [1.29, 1.82) is 0 Å². The summed E-state index contributed by atoms with van der Waals surface area (Å²) in [6.07, 6.45) is 4.10. The number of methoxy groups -OCH3 is 1. The van der Waals surface area contributed by atoms with Crippen LogP contribution in [0.2, 0.25) is 0 Å². The first-order valence-corrected chi connectivity index (χ1v) is 7.91. The number of ether oxygens (including phenoxy) is 1. The second-order valence-electron chi connectivity index (χ2n) is 5.80. The molecule has 5 nitrogen and oxygen atoms in total. The number of nitrogens with zero attached hydrogens (tertiary/aromatic N) is 3. The van der Waals surface area contributed by atoms with Crippen molar-refractivity contribution in [3.63, 3.8) is 0 Å². The van der Waals surface area contributed by atoms with E-state index in [9.17, 15) is 4.79 Å². The number of rotatable bonds is 5. The van der Waals surface area contributed by atoms with Crippen LogP contribution in [0.1, 0.15) is 24.2 Å². The fraction of sp³-hybridized carbons (Fsp3) is 0.263. The Kier molecular flexibility index (Phi) is 4.51. The summed E-state index contributed by atoms with van der Waals surface area (Å²) >= 11 is 0. The average molecular weight is 323 g/mol. The van der Waals surface area contributed by atoms with Crippen LogP contribution in [0.3, 0.4) is 0 Å². The molecule has 1 aromatic carbocycles. The molecule has 0 fully saturated rings. The van der Waals surface area contributed by atoms with Gasteiger partial charge in [-0.05, 0) is 25.1 Å². The van der Waals surface area contributed by atoms with E-state index >= 15 is 0 Å². The van der Waals surface area contributed by atoms with Gasteiger partial charge in [0.1, 0.15) is 11.4 Å². The van der Waals surface area contributed by atoms with E-state index in [0.717, 1.165) is 22.7 Å². The monoisotopic (exact) mass is 323 g/mol. The SMILES string of the molecule is COc1ccccc1C(C)N(C)C(=O)Cc1cn2ccccc2n1. The van der Waals surface area contributed by atoms with E-state index in [4.69, 9.17) is 4.74 Å². The normalized spacial score (nSPS) is 12.1. The molecule has 0 aliphatic rings. The van der Waals surface area contributed by atoms with Crippen molar-refractivity contribution >= 4 is 11.6 Å². The summed E-state index contributed by atoms with van der Waals surface area (Å²) in [4.78, 5) is 18.9. The quantitative estimate of drug-likeness (QED) is 0.725. The standard InChI is InChI=1S/C19H21N3O2/c1-14(16-8-4-5-9-17(16)24-3)21(2)19(23)12-15-13-22-11-7-6-10-18(22)20-15/h4-11,13-14H,12H2,1-3H3. The van der Waals surface area contributed by atoms with Crippen LogP contribution in [0.5, 0.6) is 5.75 Å². The number of hydrogen-bond donors (Lipinski definition) is 0. The smallest absolute Gasteiger partial charge is 0.228 e. The Balaban J connectivity index is 1.76. The van der Waals surface area contributed by atoms with Crippen LogP contribution in [0.4, 0.5) is 0 Å². The first kappa shape index (κ1) is 16.1. The zero-order valence-electron chi connectivity index (χ0n) is 14.1. The summed E-state index contributed by atoms with van der Waals surface area (Å²) in [5, 5.41) is 0. The molecule has 1 amide bonds. The van der Waals surface area contributed by atoms with E-state index in [1.165, 1.54) is 0 Å². The maximum atomic E-state index is 12.6. The highest BCUT2D eigenvalue weighted by Crippen LogP contribution is 2.28. The first-order chi connectivity index (χ1) is 11.6. The van der Waals surface area contributed by atoms with Gasteiger partial charge in [0, 0.05) is 25.0 Å². The van der Waals surface area contributed by atoms with Crippen LogP contribution in [0, 0.1) is 0 Å². The maximum absolute atomic E-state index is 12.6. The molecule has 0 bridgehead atoms. The molecule has 5 heteroatoms. The Morgan fingerprint density at radius 2 is 2.00 bits per heavy atom. The van der Waals surface area contributed by atoms with Gasteiger partial charge in [0.05, 0.1) is 25.3 Å². The predicted octanol–water partition coefficient (Wildman–Crippen LogP) is 3.11. The molecule has 1 atom stereocenters. The van der Waals surface area contributed by atoms with Crippen molar-refractivity contribution in [2.24, 2.45) is 0 Å². The van der Waals surface area contributed by atoms with Gasteiger partial charge >= 0.3 is 0 Å². The summed E-state index contributed by atoms with van der Waals surface area (Å²) in [5.41, 5.74) is 2.61. The molecule has 0 radical (unpaired) electrons. The largest absolute Gasteiger partial charge is 0.496 e. The first-order valence-electron chi connectivity index (χ1n) is 7.91. The molecule has 0 saturated heterocycles. The molecule has 2 aromatic heterocycles. The second kappa shape index (κ2) is 6.74. The van der Waals surface area contributed by atoms with Crippen molar-refractivity contribution in [2.45, 2.75) is 19.4 Å². The van der Waals surface area contributed by atoms with E-state index in [2.05, 4.69) is 4.98 Å². The topological polar surface area (TPSA) is 46.8 Å². The van der Waals surface area contributed by atoms with Crippen molar-refractivity contribution in [2.75, 3.05) is 14.2 Å². The number of aromatic nitrogens is 2. The molecular weight excluding hydrogens is 302 g/mol. The van der Waals surface area contributed by atoms with Crippen LogP contribution >= 0.6 is 0 Å². The molecule has 0 aliphatic heterocycles. The molecule has 0 saturated carbocycles. The van der Waals surface area contributed by atoms with Crippen LogP contribution in [0.15, 0.2) is 54.9 Å². The Morgan fingerprint density at radius 3 is 2.75 bits per heavy atom. The molecule has 0 N–H and O–H groups in total. The van der Waals surface area contributed by atoms with Crippen molar-refractivity contribution in [3.05, 3.63) is 66.1 Å². The lowest BCUT2D eigenvalue weighted by Gasteiger charge is -2.26. The maximum Gasteiger partial charge on any atom is 0.228 e. The number of benzene rings is 1. The number of likely N-dealkylation sites (N-methyl/N-ethyl adjacent to an activating group) is 1. The molecular formula is C19H21N3O2. The van der Waals surface area contributed by atoms with Gasteiger partial charge in [-0.15, -0.1) is 0 Å². The van der Waals surface area contributed by atoms with Crippen LogP contribution in [0.25, 0.3) is 5.65 Å². The van der Waals surface area contributed by atoms with Gasteiger partial charge in [-0.25, -0.2) is 4.98 Å². The minimum atomic E-state index is -0.0781. The van der Waals surface area contributed by atoms with Crippen molar-refractivity contribution in [3.8, 4) is 5.75 Å². The Bertz CT molecular complexity index is 823. The van der Waals surface area contributed by atoms with Crippen molar-refractivity contribution in [1.82, 2.24) is 14.3 Å². The molecule has 3 rings (SSSR count). The number of carbonyl (C=O) groups excluding carboxylic acids is 1. The zero-order chi connectivity index (χ0) is 17.1. The van der Waals surface area contributed by atoms with Gasteiger partial charge in [0.25, 0.3) is 0 Å². The molecule has 24 heavy (non-hydrogen) atoms. The number of para-hydroxylation sites is 1. The van der Waals surface area contributed by atoms with E-state index in [1.54, 1.807) is 12.0 Å². The zero-order valence-corrected chi connectivity index (χ0v) is 14.1. The van der Waals surface area contributed by atoms with E-state index in [-0.39, 0.29) is 18.4 Å². The van der Waals surface area contributed by atoms with Crippen LogP contribution < -0.4 is 4.74 Å². The summed E-state index contributed by atoms with van der Waals surface area (Å²) in [6, 6.07) is 13.5. The molecule has 0 spiro atoms. The van der Waals surface area contributed by atoms with Gasteiger partial charge in [-0.3, -0.25) is 4.79 Å². The fourth-order valence-corrected chi connectivity index (χ4v) is 2.79. The molecule has 1 unspecified atom stereocenters. The van der Waals surface area contributed by atoms with Gasteiger partial charge in [-0.2, -0.15) is 0 Å². The van der Waals surface area contributed by atoms with Gasteiger partial charge in [0.2, 0.25) is 5.91 Å². The van der Waals surface area contributed by atoms with Gasteiger partial charge in [0.15, 0.2) is 0 Å². The highest BCUT2D eigenvalue weighted by Gasteiger charge is 2.21. The predicted molar refractivity (Wildman–Crippen MR) is 93.1 cm³/mol. The third-order valence-electron chi connectivity index (χ3n) is 4.31. The molecule has 124 valence electrons. The lowest BCUT2D eigenvalue weighted by atomic mass is 10.1. The number of amides is 1. The Hall–Kier alpha value is -2.82. The highest BCUT2D eigenvalue weighted by molar-refractivity contribution is 5.78. The summed E-state index contributed by atoms with van der Waals surface area (Å²) in [5.74, 6) is 0.814. The van der Waals surface area contributed by atoms with Crippen LogP contribution in [-0.2, 0) is 11.2 Å². The van der Waals surface area contributed by atoms with Gasteiger partial charge < -0.3 is 14.0 Å². The summed E-state index contributed by atoms with van der Waals surface area (Å²) < 4.78 is 7.32. The number of pyridine rings is 1. The fourth-order valence-electron chi connectivity index (χ4n) is 2.79. The third-order valence-corrected chi connectivity index (χ3v) is 4.31. The Morgan fingerprint density at radius 1 is 1.25 bits per heavy atom. The minimum Gasteiger partial charge on any atom is -0.496 e. The molecule has 0 aliphatic carbocycles. The summed E-state index contributed by atoms with van der Waals surface area (Å²) in [7, 11) is 3.46. The summed E-state index contributed by atoms with van der Waals surface area (Å²) in [6.45, 7) is 2.00. The highest BCUT2D eigenvalue weighted by atomic mass is 16.5. The number of hydrogen-bond acceptors (Lipinski definition) is 3. The van der Waals surface area contributed by atoms with Crippen LogP contribution in [-0.4, -0.2) is 34.3 Å². The van der Waals surface area contributed by atoms with Gasteiger partial charge in [-0.1, -0.05) is 24.3 Å². The van der Waals surface area contributed by atoms with Crippen molar-refractivity contribution < 1.29 is 9.53 Å². The number of carbonyl (C=O) groups is 1. The van der Waals surface area contributed by atoms with E-state index in [0.29, 0.717) is 0 Å². The minimum absolute atomic E-state index is 0.0248. The van der Waals surface area contributed by atoms with E-state index in [1.807, 2.05) is 73.2 Å². The third kappa shape index (κ3) is 3.11. The Labute approximate surface area is 141 Å². The molecule has 3 aromatic rings. The average Bonchev–Trinajstić information content (AvgIpc) is 3.02.